The Morgan fingerprint density at radius 2 is 1.77 bits per heavy atom. The van der Waals surface area contributed by atoms with Gasteiger partial charge in [0.15, 0.2) is 16.4 Å². The van der Waals surface area contributed by atoms with Gasteiger partial charge in [-0.15, -0.1) is 11.8 Å². The maximum absolute atomic E-state index is 13.4. The molecule has 1 amide bonds. The molecule has 138 valence electrons. The van der Waals surface area contributed by atoms with Gasteiger partial charge in [-0.1, -0.05) is 24.3 Å². The summed E-state index contributed by atoms with van der Waals surface area (Å²) in [4.78, 5) is 23.8. The molecule has 6 nitrogen and oxygen atoms in total. The van der Waals surface area contributed by atoms with Gasteiger partial charge in [-0.25, -0.2) is 12.8 Å². The van der Waals surface area contributed by atoms with E-state index < -0.39 is 34.1 Å². The number of carbonyl (C=O) groups is 2. The molecular formula is C17H16FNO5S2. The SMILES string of the molecule is CS(=O)(=O)c1ccccc1NC(=O)COC(=O)CSc1ccccc1F. The molecule has 0 radical (unpaired) electrons. The zero-order valence-electron chi connectivity index (χ0n) is 13.8. The summed E-state index contributed by atoms with van der Waals surface area (Å²) < 4.78 is 41.6. The fourth-order valence-corrected chi connectivity index (χ4v) is 3.55. The fourth-order valence-electron chi connectivity index (χ4n) is 1.97. The molecule has 0 spiro atoms. The van der Waals surface area contributed by atoms with Gasteiger partial charge in [0.25, 0.3) is 5.91 Å². The molecule has 0 heterocycles. The van der Waals surface area contributed by atoms with Gasteiger partial charge in [0.2, 0.25) is 0 Å². The summed E-state index contributed by atoms with van der Waals surface area (Å²) in [6.07, 6.45) is 1.03. The number of halogens is 1. The first-order valence-corrected chi connectivity index (χ1v) is 10.3. The highest BCUT2D eigenvalue weighted by Crippen LogP contribution is 2.22. The van der Waals surface area contributed by atoms with Gasteiger partial charge in [-0.05, 0) is 24.3 Å². The van der Waals surface area contributed by atoms with Gasteiger partial charge in [0, 0.05) is 11.2 Å². The van der Waals surface area contributed by atoms with E-state index >= 15 is 0 Å². The van der Waals surface area contributed by atoms with Crippen LogP contribution >= 0.6 is 11.8 Å². The minimum Gasteiger partial charge on any atom is -0.455 e. The van der Waals surface area contributed by atoms with Gasteiger partial charge in [-0.3, -0.25) is 9.59 Å². The number of esters is 1. The predicted octanol–water partition coefficient (Wildman–Crippen LogP) is 2.50. The maximum atomic E-state index is 13.4. The molecular weight excluding hydrogens is 381 g/mol. The molecule has 1 N–H and O–H groups in total. The third kappa shape index (κ3) is 5.85. The largest absolute Gasteiger partial charge is 0.455 e. The number of thioether (sulfide) groups is 1. The molecule has 0 aliphatic rings. The maximum Gasteiger partial charge on any atom is 0.316 e. The molecule has 0 atom stereocenters. The van der Waals surface area contributed by atoms with Crippen LogP contribution in [0.2, 0.25) is 0 Å². The van der Waals surface area contributed by atoms with E-state index in [4.69, 9.17) is 4.74 Å². The van der Waals surface area contributed by atoms with Gasteiger partial charge in [0.05, 0.1) is 16.3 Å². The van der Waals surface area contributed by atoms with Gasteiger partial charge < -0.3 is 10.1 Å². The number of anilines is 1. The molecule has 2 aromatic rings. The summed E-state index contributed by atoms with van der Waals surface area (Å²) in [7, 11) is -3.52. The molecule has 9 heteroatoms. The Kier molecular flexibility index (Phi) is 6.76. The number of nitrogens with one attached hydrogen (secondary N) is 1. The summed E-state index contributed by atoms with van der Waals surface area (Å²) in [6, 6.07) is 11.9. The standard InChI is InChI=1S/C17H16FNO5S2/c1-26(22,23)15-9-5-3-7-13(15)19-16(20)10-24-17(21)11-25-14-8-4-2-6-12(14)18/h2-9H,10-11H2,1H3,(H,19,20). The summed E-state index contributed by atoms with van der Waals surface area (Å²) in [5.41, 5.74) is 0.108. The third-order valence-electron chi connectivity index (χ3n) is 3.11. The van der Waals surface area contributed by atoms with Gasteiger partial charge in [-0.2, -0.15) is 0 Å². The summed E-state index contributed by atoms with van der Waals surface area (Å²) in [5, 5.41) is 2.39. The normalized spacial score (nSPS) is 11.0. The van der Waals surface area contributed by atoms with Crippen molar-refractivity contribution in [2.75, 3.05) is 23.9 Å². The van der Waals surface area contributed by atoms with Crippen molar-refractivity contribution in [2.24, 2.45) is 0 Å². The second kappa shape index (κ2) is 8.81. The lowest BCUT2D eigenvalue weighted by Gasteiger charge is -2.10. The van der Waals surface area contributed by atoms with Crippen molar-refractivity contribution in [3.05, 3.63) is 54.3 Å². The summed E-state index contributed by atoms with van der Waals surface area (Å²) in [5.74, 6) is -1.97. The van der Waals surface area contributed by atoms with Crippen LogP contribution in [0.5, 0.6) is 0 Å². The molecule has 0 fully saturated rings. The number of rotatable bonds is 7. The van der Waals surface area contributed by atoms with E-state index in [2.05, 4.69) is 5.32 Å². The Labute approximate surface area is 154 Å². The minimum atomic E-state index is -3.52. The predicted molar refractivity (Wildman–Crippen MR) is 96.3 cm³/mol. The van der Waals surface area contributed by atoms with Crippen molar-refractivity contribution >= 4 is 39.2 Å². The first-order valence-electron chi connectivity index (χ1n) is 7.39. The highest BCUT2D eigenvalue weighted by molar-refractivity contribution is 8.00. The first-order chi connectivity index (χ1) is 12.3. The van der Waals surface area contributed by atoms with Crippen LogP contribution in [0.25, 0.3) is 0 Å². The van der Waals surface area contributed by atoms with Crippen LogP contribution in [0.15, 0.2) is 58.3 Å². The number of hydrogen-bond donors (Lipinski definition) is 1. The van der Waals surface area contributed by atoms with E-state index in [0.717, 1.165) is 18.0 Å². The second-order valence-corrected chi connectivity index (χ2v) is 8.20. The Morgan fingerprint density at radius 3 is 2.46 bits per heavy atom. The van der Waals surface area contributed by atoms with Crippen LogP contribution in [0.4, 0.5) is 10.1 Å². The van der Waals surface area contributed by atoms with Crippen LogP contribution in [0.3, 0.4) is 0 Å². The number of carbonyl (C=O) groups excluding carboxylic acids is 2. The van der Waals surface area contributed by atoms with Crippen molar-refractivity contribution in [2.45, 2.75) is 9.79 Å². The van der Waals surface area contributed by atoms with E-state index in [1.54, 1.807) is 12.1 Å². The lowest BCUT2D eigenvalue weighted by atomic mass is 10.3. The van der Waals surface area contributed by atoms with Crippen LogP contribution in [0, 0.1) is 5.82 Å². The van der Waals surface area contributed by atoms with Crippen molar-refractivity contribution in [1.82, 2.24) is 0 Å². The van der Waals surface area contributed by atoms with Crippen molar-refractivity contribution in [3.63, 3.8) is 0 Å². The Bertz CT molecular complexity index is 915. The van der Waals surface area contributed by atoms with Crippen LogP contribution in [-0.2, 0) is 24.2 Å². The molecule has 0 saturated carbocycles. The zero-order valence-corrected chi connectivity index (χ0v) is 15.4. The van der Waals surface area contributed by atoms with E-state index in [-0.39, 0.29) is 16.3 Å². The van der Waals surface area contributed by atoms with E-state index in [0.29, 0.717) is 4.90 Å². The third-order valence-corrected chi connectivity index (χ3v) is 5.28. The fraction of sp³-hybridized carbons (Fsp3) is 0.176. The lowest BCUT2D eigenvalue weighted by molar-refractivity contribution is -0.144. The van der Waals surface area contributed by atoms with E-state index in [9.17, 15) is 22.4 Å². The molecule has 2 aromatic carbocycles. The van der Waals surface area contributed by atoms with E-state index in [1.165, 1.54) is 36.4 Å². The smallest absolute Gasteiger partial charge is 0.316 e. The van der Waals surface area contributed by atoms with Gasteiger partial charge >= 0.3 is 5.97 Å². The molecule has 0 bridgehead atoms. The average molecular weight is 397 g/mol. The monoisotopic (exact) mass is 397 g/mol. The number of ether oxygens (including phenoxy) is 1. The average Bonchev–Trinajstić information content (AvgIpc) is 2.59. The molecule has 0 aliphatic carbocycles. The number of benzene rings is 2. The van der Waals surface area contributed by atoms with Crippen molar-refractivity contribution < 1.29 is 27.1 Å². The summed E-state index contributed by atoms with van der Waals surface area (Å²) >= 11 is 0.956. The Balaban J connectivity index is 1.86. The molecule has 0 saturated heterocycles. The summed E-state index contributed by atoms with van der Waals surface area (Å²) in [6.45, 7) is -0.575. The zero-order chi connectivity index (χ0) is 19.2. The highest BCUT2D eigenvalue weighted by atomic mass is 32.2. The molecule has 26 heavy (non-hydrogen) atoms. The van der Waals surface area contributed by atoms with E-state index in [1.807, 2.05) is 0 Å². The quantitative estimate of drug-likeness (QED) is 0.570. The molecule has 0 unspecified atom stereocenters. The Hall–Kier alpha value is -2.39. The number of amides is 1. The highest BCUT2D eigenvalue weighted by Gasteiger charge is 2.15. The molecule has 0 aromatic heterocycles. The number of hydrogen-bond acceptors (Lipinski definition) is 6. The first kappa shape index (κ1) is 19.9. The lowest BCUT2D eigenvalue weighted by Crippen LogP contribution is -2.22. The van der Waals surface area contributed by atoms with Crippen molar-refractivity contribution in [1.29, 1.82) is 0 Å². The van der Waals surface area contributed by atoms with Gasteiger partial charge in [0.1, 0.15) is 5.82 Å². The minimum absolute atomic E-state index is 0.0326. The number of para-hydroxylation sites is 1. The molecule has 2 rings (SSSR count). The Morgan fingerprint density at radius 1 is 1.12 bits per heavy atom. The topological polar surface area (TPSA) is 89.5 Å². The molecule has 0 aliphatic heterocycles. The number of sulfone groups is 1. The van der Waals surface area contributed by atoms with Crippen LogP contribution < -0.4 is 5.32 Å². The van der Waals surface area contributed by atoms with Crippen LogP contribution in [0.1, 0.15) is 0 Å². The second-order valence-electron chi connectivity index (χ2n) is 5.20. The van der Waals surface area contributed by atoms with Crippen molar-refractivity contribution in [3.8, 4) is 0 Å². The van der Waals surface area contributed by atoms with Crippen LogP contribution in [-0.4, -0.2) is 38.9 Å².